The van der Waals surface area contributed by atoms with Crippen molar-refractivity contribution >= 4 is 11.7 Å². The highest BCUT2D eigenvalue weighted by molar-refractivity contribution is 5.81. The molecule has 2 aromatic rings. The molecule has 0 aliphatic heterocycles. The first-order valence-electron chi connectivity index (χ1n) is 10.5. The quantitative estimate of drug-likeness (QED) is 0.427. The third-order valence-electron chi connectivity index (χ3n) is 5.07. The van der Waals surface area contributed by atoms with Crippen LogP contribution in [-0.2, 0) is 9.53 Å². The number of rotatable bonds is 11. The van der Waals surface area contributed by atoms with E-state index in [1.807, 2.05) is 6.92 Å². The zero-order valence-electron chi connectivity index (χ0n) is 17.5. The van der Waals surface area contributed by atoms with Crippen molar-refractivity contribution in [2.24, 2.45) is 5.92 Å². The molecule has 0 aromatic heterocycles. The lowest BCUT2D eigenvalue weighted by atomic mass is 9.91. The van der Waals surface area contributed by atoms with E-state index in [-0.39, 0.29) is 6.10 Å². The maximum Gasteiger partial charge on any atom is 0.333 e. The Kier molecular flexibility index (Phi) is 9.10. The molecule has 2 atom stereocenters. The highest BCUT2D eigenvalue weighted by Crippen LogP contribution is 2.27. The summed E-state index contributed by atoms with van der Waals surface area (Å²) in [6, 6.07) is 10.8. The second-order valence-electron chi connectivity index (χ2n) is 7.36. The summed E-state index contributed by atoms with van der Waals surface area (Å²) in [7, 11) is 0. The van der Waals surface area contributed by atoms with Gasteiger partial charge < -0.3 is 10.1 Å². The average molecular weight is 404 g/mol. The molecule has 2 rings (SSSR count). The van der Waals surface area contributed by atoms with Gasteiger partial charge in [0.15, 0.2) is 6.04 Å². The first kappa shape index (κ1) is 22.9. The predicted molar refractivity (Wildman–Crippen MR) is 113 cm³/mol. The lowest BCUT2D eigenvalue weighted by Crippen LogP contribution is -2.32. The second kappa shape index (κ2) is 11.5. The Morgan fingerprint density at radius 3 is 2.14 bits per heavy atom. The number of halogens is 2. The van der Waals surface area contributed by atoms with E-state index in [9.17, 15) is 13.6 Å². The third-order valence-corrected chi connectivity index (χ3v) is 5.07. The number of benzene rings is 2. The van der Waals surface area contributed by atoms with Crippen LogP contribution in [0.2, 0.25) is 0 Å². The third kappa shape index (κ3) is 6.84. The standard InChI is InChI=1S/C24H31F2NO2/c1-4-9-17(10-5-2)22(6-3)29-24(28)23(18-11-7-12-19(25)15-18)27-21-14-8-13-20(26)16-21/h7-8,11-17,22-23,27H,4-6,9-10H2,1-3H3/t22-,23?/m0/s1. The van der Waals surface area contributed by atoms with E-state index < -0.39 is 23.6 Å². The normalized spacial score (nSPS) is 13.2. The SMILES string of the molecule is CCCC(CCC)[C@H](CC)OC(=O)C(Nc1cccc(F)c1)c1cccc(F)c1. The van der Waals surface area contributed by atoms with Gasteiger partial charge >= 0.3 is 5.97 Å². The molecule has 0 saturated carbocycles. The van der Waals surface area contributed by atoms with Crippen LogP contribution in [-0.4, -0.2) is 12.1 Å². The predicted octanol–water partition coefficient (Wildman–Crippen LogP) is 6.66. The first-order valence-corrected chi connectivity index (χ1v) is 10.5. The van der Waals surface area contributed by atoms with Crippen molar-refractivity contribution in [1.29, 1.82) is 0 Å². The number of ether oxygens (including phenoxy) is 1. The minimum atomic E-state index is -0.926. The van der Waals surface area contributed by atoms with Crippen LogP contribution in [0, 0.1) is 17.6 Å². The van der Waals surface area contributed by atoms with Crippen molar-refractivity contribution in [3.8, 4) is 0 Å². The molecule has 0 spiro atoms. The topological polar surface area (TPSA) is 38.3 Å². The van der Waals surface area contributed by atoms with E-state index in [0.29, 0.717) is 23.6 Å². The molecule has 2 aromatic carbocycles. The van der Waals surface area contributed by atoms with Crippen molar-refractivity contribution in [3.63, 3.8) is 0 Å². The Balaban J connectivity index is 2.27. The molecule has 0 heterocycles. The lowest BCUT2D eigenvalue weighted by Gasteiger charge is -2.28. The van der Waals surface area contributed by atoms with Crippen LogP contribution >= 0.6 is 0 Å². The Hall–Kier alpha value is -2.43. The van der Waals surface area contributed by atoms with Crippen LogP contribution in [0.4, 0.5) is 14.5 Å². The van der Waals surface area contributed by atoms with Crippen LogP contribution in [0.25, 0.3) is 0 Å². The summed E-state index contributed by atoms with van der Waals surface area (Å²) in [4.78, 5) is 13.1. The maximum absolute atomic E-state index is 13.8. The minimum absolute atomic E-state index is 0.201. The van der Waals surface area contributed by atoms with E-state index in [1.54, 1.807) is 24.3 Å². The number of hydrogen-bond acceptors (Lipinski definition) is 3. The molecule has 0 radical (unpaired) electrons. The first-order chi connectivity index (χ1) is 14.0. The smallest absolute Gasteiger partial charge is 0.333 e. The highest BCUT2D eigenvalue weighted by atomic mass is 19.1. The van der Waals surface area contributed by atoms with Gasteiger partial charge in [-0.3, -0.25) is 0 Å². The molecule has 1 unspecified atom stereocenters. The van der Waals surface area contributed by atoms with Gasteiger partial charge in [-0.05, 0) is 61.1 Å². The van der Waals surface area contributed by atoms with Crippen molar-refractivity contribution in [2.45, 2.75) is 65.0 Å². The molecule has 0 bridgehead atoms. The fourth-order valence-electron chi connectivity index (χ4n) is 3.70. The average Bonchev–Trinajstić information content (AvgIpc) is 2.70. The van der Waals surface area contributed by atoms with Crippen LogP contribution in [0.5, 0.6) is 0 Å². The summed E-state index contributed by atoms with van der Waals surface area (Å²) in [5.41, 5.74) is 0.875. The molecule has 5 heteroatoms. The van der Waals surface area contributed by atoms with Gasteiger partial charge in [-0.1, -0.05) is 51.8 Å². The Labute approximate surface area is 172 Å². The van der Waals surface area contributed by atoms with E-state index in [2.05, 4.69) is 19.2 Å². The fraction of sp³-hybridized carbons (Fsp3) is 0.458. The Morgan fingerprint density at radius 1 is 0.966 bits per heavy atom. The molecule has 0 aliphatic rings. The summed E-state index contributed by atoms with van der Waals surface area (Å²) in [6.07, 6.45) is 4.53. The van der Waals surface area contributed by atoms with Gasteiger partial charge in [0.1, 0.15) is 17.7 Å². The van der Waals surface area contributed by atoms with Gasteiger partial charge in [0, 0.05) is 5.69 Å². The molecule has 0 amide bonds. The molecule has 3 nitrogen and oxygen atoms in total. The van der Waals surface area contributed by atoms with Gasteiger partial charge in [-0.25, -0.2) is 13.6 Å². The zero-order chi connectivity index (χ0) is 21.2. The van der Waals surface area contributed by atoms with Crippen LogP contribution in [0.15, 0.2) is 48.5 Å². The van der Waals surface area contributed by atoms with Gasteiger partial charge in [0.05, 0.1) is 0 Å². The zero-order valence-corrected chi connectivity index (χ0v) is 17.5. The number of anilines is 1. The summed E-state index contributed by atoms with van der Waals surface area (Å²) in [5.74, 6) is -1.05. The van der Waals surface area contributed by atoms with Gasteiger partial charge in [-0.2, -0.15) is 0 Å². The second-order valence-corrected chi connectivity index (χ2v) is 7.36. The van der Waals surface area contributed by atoms with Gasteiger partial charge in [0.2, 0.25) is 0 Å². The summed E-state index contributed by atoms with van der Waals surface area (Å²) < 4.78 is 33.3. The van der Waals surface area contributed by atoms with Gasteiger partial charge in [0.25, 0.3) is 0 Å². The van der Waals surface area contributed by atoms with Crippen molar-refractivity contribution in [3.05, 3.63) is 65.7 Å². The summed E-state index contributed by atoms with van der Waals surface area (Å²) >= 11 is 0. The number of hydrogen-bond donors (Lipinski definition) is 1. The number of nitrogens with one attached hydrogen (secondary N) is 1. The van der Waals surface area contributed by atoms with Gasteiger partial charge in [-0.15, -0.1) is 0 Å². The number of esters is 1. The molecule has 0 aliphatic carbocycles. The molecular weight excluding hydrogens is 372 g/mol. The molecule has 29 heavy (non-hydrogen) atoms. The van der Waals surface area contributed by atoms with E-state index in [4.69, 9.17) is 4.74 Å². The molecule has 1 N–H and O–H groups in total. The maximum atomic E-state index is 13.8. The minimum Gasteiger partial charge on any atom is -0.460 e. The van der Waals surface area contributed by atoms with Crippen molar-refractivity contribution in [2.75, 3.05) is 5.32 Å². The largest absolute Gasteiger partial charge is 0.460 e. The molecule has 0 saturated heterocycles. The Bertz CT molecular complexity index is 775. The van der Waals surface area contributed by atoms with E-state index in [0.717, 1.165) is 25.7 Å². The summed E-state index contributed by atoms with van der Waals surface area (Å²) in [5, 5.41) is 3.01. The lowest BCUT2D eigenvalue weighted by molar-refractivity contribution is -0.153. The molecule has 158 valence electrons. The van der Waals surface area contributed by atoms with Crippen molar-refractivity contribution < 1.29 is 18.3 Å². The monoisotopic (exact) mass is 403 g/mol. The van der Waals surface area contributed by atoms with Crippen molar-refractivity contribution in [1.82, 2.24) is 0 Å². The van der Waals surface area contributed by atoms with E-state index in [1.165, 1.54) is 24.3 Å². The molecular formula is C24H31F2NO2. The highest BCUT2D eigenvalue weighted by Gasteiger charge is 2.28. The molecule has 0 fully saturated rings. The fourth-order valence-corrected chi connectivity index (χ4v) is 3.70. The number of carbonyl (C=O) groups excluding carboxylic acids is 1. The van der Waals surface area contributed by atoms with E-state index >= 15 is 0 Å². The summed E-state index contributed by atoms with van der Waals surface area (Å²) in [6.45, 7) is 6.25. The van der Waals surface area contributed by atoms with Crippen LogP contribution < -0.4 is 5.32 Å². The van der Waals surface area contributed by atoms with Crippen LogP contribution in [0.1, 0.15) is 64.5 Å². The Morgan fingerprint density at radius 2 is 1.59 bits per heavy atom. The van der Waals surface area contributed by atoms with Crippen LogP contribution in [0.3, 0.4) is 0 Å². The number of carbonyl (C=O) groups is 1.